The number of aliphatic carboxylic acids is 1. The zero-order valence-corrected chi connectivity index (χ0v) is 11.9. The molecule has 18 heavy (non-hydrogen) atoms. The summed E-state index contributed by atoms with van der Waals surface area (Å²) < 4.78 is 0.828. The minimum absolute atomic E-state index is 0.0752. The fraction of sp³-hybridized carbons (Fsp3) is 0.429. The normalized spacial score (nSPS) is 12.1. The predicted molar refractivity (Wildman–Crippen MR) is 73.7 cm³/mol. The van der Waals surface area contributed by atoms with Crippen LogP contribution in [0.2, 0.25) is 0 Å². The third-order valence-corrected chi connectivity index (χ3v) is 3.33. The van der Waals surface area contributed by atoms with Crippen LogP contribution in [0.15, 0.2) is 28.7 Å². The van der Waals surface area contributed by atoms with Gasteiger partial charge in [0.05, 0.1) is 5.92 Å². The van der Waals surface area contributed by atoms with E-state index in [1.54, 1.807) is 18.2 Å². The molecule has 0 heterocycles. The highest BCUT2D eigenvalue weighted by Gasteiger charge is 2.21. The van der Waals surface area contributed by atoms with Gasteiger partial charge in [0.2, 0.25) is 0 Å². The molecule has 1 unspecified atom stereocenters. The summed E-state index contributed by atoms with van der Waals surface area (Å²) in [6.07, 6.45) is 2.41. The van der Waals surface area contributed by atoms with E-state index in [1.807, 2.05) is 13.0 Å². The first kappa shape index (κ1) is 14.9. The number of benzene rings is 1. The molecule has 1 aromatic rings. The van der Waals surface area contributed by atoms with Crippen LogP contribution in [0.5, 0.6) is 0 Å². The Balaban J connectivity index is 2.69. The maximum atomic E-state index is 12.0. The van der Waals surface area contributed by atoms with Gasteiger partial charge in [0.25, 0.3) is 0 Å². The van der Waals surface area contributed by atoms with Gasteiger partial charge >= 0.3 is 5.97 Å². The molecule has 98 valence electrons. The van der Waals surface area contributed by atoms with E-state index in [0.717, 1.165) is 17.3 Å². The van der Waals surface area contributed by atoms with Crippen LogP contribution in [0.3, 0.4) is 0 Å². The molecule has 0 aliphatic rings. The van der Waals surface area contributed by atoms with E-state index in [4.69, 9.17) is 5.11 Å². The van der Waals surface area contributed by atoms with Crippen LogP contribution in [0, 0.1) is 5.92 Å². The van der Waals surface area contributed by atoms with Crippen LogP contribution in [0.4, 0.5) is 0 Å². The molecule has 0 amide bonds. The van der Waals surface area contributed by atoms with Gasteiger partial charge in [-0.25, -0.2) is 0 Å². The lowest BCUT2D eigenvalue weighted by molar-refractivity contribution is -0.141. The van der Waals surface area contributed by atoms with Gasteiger partial charge in [0, 0.05) is 16.5 Å². The fourth-order valence-electron chi connectivity index (χ4n) is 1.77. The molecule has 0 saturated heterocycles. The number of carbonyl (C=O) groups is 2. The van der Waals surface area contributed by atoms with E-state index < -0.39 is 11.9 Å². The molecule has 0 spiro atoms. The lowest BCUT2D eigenvalue weighted by Crippen LogP contribution is -2.18. The fourth-order valence-corrected chi connectivity index (χ4v) is 2.17. The van der Waals surface area contributed by atoms with E-state index in [9.17, 15) is 9.59 Å². The summed E-state index contributed by atoms with van der Waals surface area (Å²) in [7, 11) is 0. The van der Waals surface area contributed by atoms with E-state index in [0.29, 0.717) is 12.0 Å². The smallest absolute Gasteiger partial charge is 0.306 e. The summed E-state index contributed by atoms with van der Waals surface area (Å²) >= 11 is 3.30. The molecule has 0 aromatic heterocycles. The molecule has 3 nitrogen and oxygen atoms in total. The molecule has 0 saturated carbocycles. The maximum Gasteiger partial charge on any atom is 0.306 e. The van der Waals surface area contributed by atoms with E-state index in [1.165, 1.54) is 0 Å². The summed E-state index contributed by atoms with van der Waals surface area (Å²) in [5.74, 6) is -1.57. The number of hydrogen-bond acceptors (Lipinski definition) is 2. The highest BCUT2D eigenvalue weighted by molar-refractivity contribution is 9.10. The van der Waals surface area contributed by atoms with Crippen molar-refractivity contribution in [3.05, 3.63) is 34.3 Å². The first-order chi connectivity index (χ1) is 8.54. The Bertz CT molecular complexity index is 429. The number of hydrogen-bond donors (Lipinski definition) is 1. The van der Waals surface area contributed by atoms with Crippen molar-refractivity contribution in [2.75, 3.05) is 0 Å². The number of carboxylic acids is 1. The van der Waals surface area contributed by atoms with Crippen molar-refractivity contribution >= 4 is 27.7 Å². The molecule has 4 heteroatoms. The zero-order chi connectivity index (χ0) is 13.5. The van der Waals surface area contributed by atoms with E-state index in [2.05, 4.69) is 15.9 Å². The summed E-state index contributed by atoms with van der Waals surface area (Å²) in [4.78, 5) is 23.1. The Hall–Kier alpha value is -1.16. The quantitative estimate of drug-likeness (QED) is 0.776. The minimum Gasteiger partial charge on any atom is -0.481 e. The van der Waals surface area contributed by atoms with Gasteiger partial charge in [-0.1, -0.05) is 47.8 Å². The molecule has 1 N–H and O–H groups in total. The van der Waals surface area contributed by atoms with Gasteiger partial charge in [-0.05, 0) is 18.6 Å². The van der Waals surface area contributed by atoms with Crippen LogP contribution in [0.25, 0.3) is 0 Å². The average Bonchev–Trinajstić information content (AvgIpc) is 2.33. The molecule has 1 rings (SSSR count). The number of carbonyl (C=O) groups excluding carboxylic acids is 1. The molecule has 1 atom stereocenters. The van der Waals surface area contributed by atoms with Crippen LogP contribution in [-0.4, -0.2) is 16.9 Å². The third-order valence-electron chi connectivity index (χ3n) is 2.83. The maximum absolute atomic E-state index is 12.0. The number of Topliss-reactive ketones (excluding diaryl/α,β-unsaturated/α-hetero) is 1. The zero-order valence-electron chi connectivity index (χ0n) is 10.4. The molecule has 0 bridgehead atoms. The monoisotopic (exact) mass is 312 g/mol. The number of carboxylic acid groups (broad SMARTS) is 1. The summed E-state index contributed by atoms with van der Waals surface area (Å²) in [5.41, 5.74) is 0.562. The Labute approximate surface area is 115 Å². The minimum atomic E-state index is -0.883. The standard InChI is InChI=1S/C14H17BrO3/c1-2-3-5-11(14(17)18)9-13(16)10-6-4-7-12(15)8-10/h4,6-8,11H,2-3,5,9H2,1H3,(H,17,18). The van der Waals surface area contributed by atoms with Gasteiger partial charge < -0.3 is 5.11 Å². The second-order valence-corrected chi connectivity index (χ2v) is 5.23. The number of rotatable bonds is 7. The van der Waals surface area contributed by atoms with Crippen LogP contribution >= 0.6 is 15.9 Å². The second kappa shape index (κ2) is 7.31. The highest BCUT2D eigenvalue weighted by atomic mass is 79.9. The molecule has 0 aliphatic carbocycles. The first-order valence-electron chi connectivity index (χ1n) is 6.06. The largest absolute Gasteiger partial charge is 0.481 e. The summed E-state index contributed by atoms with van der Waals surface area (Å²) in [5, 5.41) is 9.09. The van der Waals surface area contributed by atoms with Crippen molar-refractivity contribution in [3.63, 3.8) is 0 Å². The molecule has 1 aromatic carbocycles. The molecule has 0 aliphatic heterocycles. The molecule has 0 radical (unpaired) electrons. The topological polar surface area (TPSA) is 54.4 Å². The van der Waals surface area contributed by atoms with Crippen LogP contribution in [0.1, 0.15) is 43.0 Å². The van der Waals surface area contributed by atoms with Crippen molar-refractivity contribution in [1.29, 1.82) is 0 Å². The van der Waals surface area contributed by atoms with Crippen molar-refractivity contribution in [2.24, 2.45) is 5.92 Å². The Morgan fingerprint density at radius 3 is 2.67 bits per heavy atom. The lowest BCUT2D eigenvalue weighted by Gasteiger charge is -2.10. The molecular weight excluding hydrogens is 296 g/mol. The van der Waals surface area contributed by atoms with E-state index in [-0.39, 0.29) is 12.2 Å². The Morgan fingerprint density at radius 1 is 1.39 bits per heavy atom. The Kier molecular flexibility index (Phi) is 6.05. The molecule has 0 fully saturated rings. The average molecular weight is 313 g/mol. The summed E-state index contributed by atoms with van der Waals surface area (Å²) in [6.45, 7) is 2.01. The van der Waals surface area contributed by atoms with Crippen molar-refractivity contribution in [3.8, 4) is 0 Å². The van der Waals surface area contributed by atoms with Gasteiger partial charge in [-0.3, -0.25) is 9.59 Å². The highest BCUT2D eigenvalue weighted by Crippen LogP contribution is 2.19. The summed E-state index contributed by atoms with van der Waals surface area (Å²) in [6, 6.07) is 7.05. The second-order valence-electron chi connectivity index (χ2n) is 4.32. The van der Waals surface area contributed by atoms with Gasteiger partial charge in [-0.15, -0.1) is 0 Å². The van der Waals surface area contributed by atoms with Crippen LogP contribution < -0.4 is 0 Å². The van der Waals surface area contributed by atoms with Crippen molar-refractivity contribution < 1.29 is 14.7 Å². The third kappa shape index (κ3) is 4.61. The van der Waals surface area contributed by atoms with E-state index >= 15 is 0 Å². The first-order valence-corrected chi connectivity index (χ1v) is 6.85. The Morgan fingerprint density at radius 2 is 2.11 bits per heavy atom. The lowest BCUT2D eigenvalue weighted by atomic mass is 9.94. The molecular formula is C14H17BrO3. The number of halogens is 1. The van der Waals surface area contributed by atoms with Crippen molar-refractivity contribution in [1.82, 2.24) is 0 Å². The number of ketones is 1. The van der Waals surface area contributed by atoms with Gasteiger partial charge in [0.15, 0.2) is 5.78 Å². The predicted octanol–water partition coefficient (Wildman–Crippen LogP) is 3.91. The van der Waals surface area contributed by atoms with Gasteiger partial charge in [0.1, 0.15) is 0 Å². The van der Waals surface area contributed by atoms with Crippen molar-refractivity contribution in [2.45, 2.75) is 32.6 Å². The van der Waals surface area contributed by atoms with Crippen LogP contribution in [-0.2, 0) is 4.79 Å². The number of unbranched alkanes of at least 4 members (excludes halogenated alkanes) is 1. The SMILES string of the molecule is CCCCC(CC(=O)c1cccc(Br)c1)C(=O)O. The van der Waals surface area contributed by atoms with Gasteiger partial charge in [-0.2, -0.15) is 0 Å².